The first-order valence-corrected chi connectivity index (χ1v) is 9.69. The smallest absolute Gasteiger partial charge is 0.255 e. The van der Waals surface area contributed by atoms with Gasteiger partial charge >= 0.3 is 0 Å². The minimum atomic E-state index is -0.592. The number of para-hydroxylation sites is 1. The molecule has 0 fully saturated rings. The number of benzene rings is 3. The van der Waals surface area contributed by atoms with Crippen molar-refractivity contribution in [3.63, 3.8) is 0 Å². The molecule has 3 aromatic carbocycles. The number of hydrogen-bond donors (Lipinski definition) is 2. The number of carbonyl (C=O) groups excluding carboxylic acids is 2. The van der Waals surface area contributed by atoms with Crippen LogP contribution in [0.4, 0.5) is 4.39 Å². The fourth-order valence-electron chi connectivity index (χ4n) is 2.71. The molecule has 5 nitrogen and oxygen atoms in total. The van der Waals surface area contributed by atoms with Crippen molar-refractivity contribution in [1.29, 1.82) is 0 Å². The molecule has 0 saturated carbocycles. The summed E-state index contributed by atoms with van der Waals surface area (Å²) in [6, 6.07) is 19.9. The number of rotatable bonds is 8. The average Bonchev–Trinajstić information content (AvgIpc) is 2.76. The highest BCUT2D eigenvalue weighted by molar-refractivity contribution is 6.30. The lowest BCUT2D eigenvalue weighted by Crippen LogP contribution is -2.35. The van der Waals surface area contributed by atoms with Crippen molar-refractivity contribution in [3.8, 4) is 5.75 Å². The van der Waals surface area contributed by atoms with E-state index in [1.54, 1.807) is 42.5 Å². The molecule has 7 heteroatoms. The van der Waals surface area contributed by atoms with Crippen LogP contribution < -0.4 is 15.4 Å². The Kier molecular flexibility index (Phi) is 7.40. The van der Waals surface area contributed by atoms with Crippen LogP contribution in [0.1, 0.15) is 26.3 Å². The Morgan fingerprint density at radius 3 is 2.03 bits per heavy atom. The third-order valence-electron chi connectivity index (χ3n) is 4.25. The molecule has 154 valence electrons. The molecule has 0 aliphatic heterocycles. The van der Waals surface area contributed by atoms with Gasteiger partial charge in [-0.2, -0.15) is 0 Å². The zero-order chi connectivity index (χ0) is 21.3. The van der Waals surface area contributed by atoms with Crippen LogP contribution >= 0.6 is 11.6 Å². The highest BCUT2D eigenvalue weighted by Crippen LogP contribution is 2.20. The lowest BCUT2D eigenvalue weighted by atomic mass is 10.2. The molecule has 0 aromatic heterocycles. The quantitative estimate of drug-likeness (QED) is 0.530. The SMILES string of the molecule is O=C(NCCNC(=O)c1ccccc1OCc1ccc(Cl)cc1)c1ccccc1F. The lowest BCUT2D eigenvalue weighted by molar-refractivity contribution is 0.0923. The van der Waals surface area contributed by atoms with Gasteiger partial charge in [-0.1, -0.05) is 48.0 Å². The topological polar surface area (TPSA) is 67.4 Å². The summed E-state index contributed by atoms with van der Waals surface area (Å²) in [6.07, 6.45) is 0. The second-order valence-corrected chi connectivity index (χ2v) is 6.84. The number of carbonyl (C=O) groups is 2. The maximum atomic E-state index is 13.6. The van der Waals surface area contributed by atoms with Gasteiger partial charge in [-0.25, -0.2) is 4.39 Å². The third-order valence-corrected chi connectivity index (χ3v) is 4.51. The van der Waals surface area contributed by atoms with Crippen LogP contribution in [0.25, 0.3) is 0 Å². The molecule has 0 atom stereocenters. The first-order valence-electron chi connectivity index (χ1n) is 9.32. The molecule has 0 bridgehead atoms. The van der Waals surface area contributed by atoms with Gasteiger partial charge in [0.15, 0.2) is 0 Å². The second kappa shape index (κ2) is 10.4. The molecule has 0 aliphatic carbocycles. The predicted molar refractivity (Wildman–Crippen MR) is 113 cm³/mol. The number of nitrogens with one attached hydrogen (secondary N) is 2. The molecule has 30 heavy (non-hydrogen) atoms. The van der Waals surface area contributed by atoms with Crippen LogP contribution in [0.2, 0.25) is 5.02 Å². The fourth-order valence-corrected chi connectivity index (χ4v) is 2.84. The van der Waals surface area contributed by atoms with Gasteiger partial charge in [-0.3, -0.25) is 9.59 Å². The Morgan fingerprint density at radius 1 is 0.800 bits per heavy atom. The predicted octanol–water partition coefficient (Wildman–Crippen LogP) is 4.22. The Balaban J connectivity index is 1.51. The Hall–Kier alpha value is -3.38. The highest BCUT2D eigenvalue weighted by atomic mass is 35.5. The van der Waals surface area contributed by atoms with Crippen LogP contribution in [0.15, 0.2) is 72.8 Å². The van der Waals surface area contributed by atoms with Crippen molar-refractivity contribution < 1.29 is 18.7 Å². The summed E-state index contributed by atoms with van der Waals surface area (Å²) in [7, 11) is 0. The van der Waals surface area contributed by atoms with Crippen LogP contribution in [0, 0.1) is 5.82 Å². The van der Waals surface area contributed by atoms with E-state index in [1.807, 2.05) is 12.1 Å². The van der Waals surface area contributed by atoms with E-state index in [9.17, 15) is 14.0 Å². The summed E-state index contributed by atoms with van der Waals surface area (Å²) in [5.41, 5.74) is 1.27. The maximum absolute atomic E-state index is 13.6. The minimum absolute atomic E-state index is 0.0372. The molecule has 0 saturated heterocycles. The minimum Gasteiger partial charge on any atom is -0.488 e. The average molecular weight is 427 g/mol. The molecule has 0 aliphatic rings. The van der Waals surface area contributed by atoms with E-state index >= 15 is 0 Å². The lowest BCUT2D eigenvalue weighted by Gasteiger charge is -2.12. The van der Waals surface area contributed by atoms with Crippen molar-refractivity contribution in [2.24, 2.45) is 0 Å². The Morgan fingerprint density at radius 2 is 1.37 bits per heavy atom. The number of halogens is 2. The van der Waals surface area contributed by atoms with Gasteiger partial charge in [0, 0.05) is 18.1 Å². The van der Waals surface area contributed by atoms with Gasteiger partial charge in [0.25, 0.3) is 11.8 Å². The fraction of sp³-hybridized carbons (Fsp3) is 0.130. The van der Waals surface area contributed by atoms with Gasteiger partial charge in [0.05, 0.1) is 11.1 Å². The second-order valence-electron chi connectivity index (χ2n) is 6.40. The molecule has 0 heterocycles. The highest BCUT2D eigenvalue weighted by Gasteiger charge is 2.13. The van der Waals surface area contributed by atoms with Gasteiger partial charge < -0.3 is 15.4 Å². The number of ether oxygens (including phenoxy) is 1. The summed E-state index contributed by atoms with van der Waals surface area (Å²) in [5, 5.41) is 5.94. The van der Waals surface area contributed by atoms with Crippen LogP contribution in [0.3, 0.4) is 0 Å². The van der Waals surface area contributed by atoms with Crippen LogP contribution in [-0.2, 0) is 6.61 Å². The molecular weight excluding hydrogens is 407 g/mol. The maximum Gasteiger partial charge on any atom is 0.255 e. The van der Waals surface area contributed by atoms with Crippen molar-refractivity contribution in [3.05, 3.63) is 100 Å². The first kappa shape index (κ1) is 21.3. The van der Waals surface area contributed by atoms with E-state index in [4.69, 9.17) is 16.3 Å². The zero-order valence-corrected chi connectivity index (χ0v) is 16.8. The molecule has 2 N–H and O–H groups in total. The summed E-state index contributed by atoms with van der Waals surface area (Å²) in [5.74, 6) is -1.01. The van der Waals surface area contributed by atoms with Gasteiger partial charge in [0.1, 0.15) is 18.2 Å². The van der Waals surface area contributed by atoms with Gasteiger partial charge in [-0.05, 0) is 42.0 Å². The number of hydrogen-bond acceptors (Lipinski definition) is 3. The molecule has 3 rings (SSSR count). The van der Waals surface area contributed by atoms with Crippen molar-refractivity contribution >= 4 is 23.4 Å². The molecule has 2 amide bonds. The van der Waals surface area contributed by atoms with Gasteiger partial charge in [0.2, 0.25) is 0 Å². The Labute approximate surface area is 178 Å². The van der Waals surface area contributed by atoms with Crippen molar-refractivity contribution in [2.75, 3.05) is 13.1 Å². The van der Waals surface area contributed by atoms with Crippen LogP contribution in [-0.4, -0.2) is 24.9 Å². The molecule has 0 radical (unpaired) electrons. The summed E-state index contributed by atoms with van der Waals surface area (Å²) >= 11 is 5.88. The van der Waals surface area contributed by atoms with Crippen molar-refractivity contribution in [1.82, 2.24) is 10.6 Å². The van der Waals surface area contributed by atoms with Crippen LogP contribution in [0.5, 0.6) is 5.75 Å². The van der Waals surface area contributed by atoms with E-state index in [-0.39, 0.29) is 24.6 Å². The molecule has 3 aromatic rings. The zero-order valence-electron chi connectivity index (χ0n) is 16.0. The van der Waals surface area contributed by atoms with E-state index in [0.717, 1.165) is 5.56 Å². The first-order chi connectivity index (χ1) is 14.5. The number of amides is 2. The standard InChI is InChI=1S/C23H20ClFN2O3/c24-17-11-9-16(10-12-17)15-30-21-8-4-2-6-19(21)23(29)27-14-13-26-22(28)18-5-1-3-7-20(18)25/h1-12H,13-15H2,(H,26,28)(H,27,29). The van der Waals surface area contributed by atoms with E-state index in [0.29, 0.717) is 22.9 Å². The van der Waals surface area contributed by atoms with Gasteiger partial charge in [-0.15, -0.1) is 0 Å². The largest absolute Gasteiger partial charge is 0.488 e. The molecule has 0 spiro atoms. The molecule has 0 unspecified atom stereocenters. The normalized spacial score (nSPS) is 10.3. The Bertz CT molecular complexity index is 1020. The van der Waals surface area contributed by atoms with E-state index < -0.39 is 11.7 Å². The van der Waals surface area contributed by atoms with E-state index in [2.05, 4.69) is 10.6 Å². The summed E-state index contributed by atoms with van der Waals surface area (Å²) < 4.78 is 19.4. The monoisotopic (exact) mass is 426 g/mol. The van der Waals surface area contributed by atoms with E-state index in [1.165, 1.54) is 18.2 Å². The third kappa shape index (κ3) is 5.81. The molecular formula is C23H20ClFN2O3. The summed E-state index contributed by atoms with van der Waals surface area (Å²) in [6.45, 7) is 0.636. The van der Waals surface area contributed by atoms with Crippen molar-refractivity contribution in [2.45, 2.75) is 6.61 Å². The summed E-state index contributed by atoms with van der Waals surface area (Å²) in [4.78, 5) is 24.5.